The number of fused-ring (bicyclic) bond motifs is 1. The zero-order valence-corrected chi connectivity index (χ0v) is 13.1. The average Bonchev–Trinajstić information content (AvgIpc) is 2.92. The lowest BCUT2D eigenvalue weighted by atomic mass is 10.0. The van der Waals surface area contributed by atoms with E-state index in [-0.39, 0.29) is 5.82 Å². The third-order valence-electron chi connectivity index (χ3n) is 3.85. The molecule has 3 rings (SSSR count). The van der Waals surface area contributed by atoms with E-state index in [1.807, 2.05) is 37.3 Å². The van der Waals surface area contributed by atoms with Crippen molar-refractivity contribution in [3.63, 3.8) is 0 Å². The molecule has 22 heavy (non-hydrogen) atoms. The predicted molar refractivity (Wildman–Crippen MR) is 86.7 cm³/mol. The molecule has 0 N–H and O–H groups in total. The molecule has 3 aromatic rings. The highest BCUT2D eigenvalue weighted by molar-refractivity contribution is 5.96. The van der Waals surface area contributed by atoms with Gasteiger partial charge in [0.05, 0.1) is 7.11 Å². The molecule has 0 aliphatic carbocycles. The summed E-state index contributed by atoms with van der Waals surface area (Å²) < 4.78 is 21.3. The van der Waals surface area contributed by atoms with Crippen molar-refractivity contribution in [3.05, 3.63) is 47.8 Å². The van der Waals surface area contributed by atoms with Crippen LogP contribution in [0, 0.1) is 12.7 Å². The molecule has 0 saturated heterocycles. The van der Waals surface area contributed by atoms with Gasteiger partial charge in [0.2, 0.25) is 0 Å². The van der Waals surface area contributed by atoms with Crippen molar-refractivity contribution in [2.45, 2.75) is 26.8 Å². The molecule has 4 heteroatoms. The number of hydrogen-bond donors (Lipinski definition) is 0. The van der Waals surface area contributed by atoms with Gasteiger partial charge >= 0.3 is 0 Å². The number of aryl methyl sites for hydroxylation is 2. The van der Waals surface area contributed by atoms with Crippen molar-refractivity contribution in [1.29, 1.82) is 0 Å². The molecule has 2 aromatic carbocycles. The van der Waals surface area contributed by atoms with Crippen molar-refractivity contribution >= 4 is 10.9 Å². The Labute approximate surface area is 129 Å². The van der Waals surface area contributed by atoms with Crippen LogP contribution < -0.4 is 4.74 Å². The van der Waals surface area contributed by atoms with E-state index in [2.05, 4.69) is 12.0 Å². The maximum absolute atomic E-state index is 14.3. The van der Waals surface area contributed by atoms with E-state index in [9.17, 15) is 4.39 Å². The standard InChI is InChI=1S/C18H19FN2O/c1-4-11-21-18-15(19)10-5-12(2)16(18)17(20-21)13-6-8-14(22-3)9-7-13/h5-10H,4,11H2,1-3H3. The Balaban J connectivity index is 2.26. The Hall–Kier alpha value is -2.36. The van der Waals surface area contributed by atoms with Crippen LogP contribution in [0.2, 0.25) is 0 Å². The molecule has 0 aliphatic rings. The quantitative estimate of drug-likeness (QED) is 0.705. The summed E-state index contributed by atoms with van der Waals surface area (Å²) in [5.74, 6) is 0.574. The molecule has 0 atom stereocenters. The van der Waals surface area contributed by atoms with Gasteiger partial charge in [0.15, 0.2) is 0 Å². The van der Waals surface area contributed by atoms with Gasteiger partial charge in [-0.25, -0.2) is 4.39 Å². The lowest BCUT2D eigenvalue weighted by Crippen LogP contribution is -2.00. The van der Waals surface area contributed by atoms with Crippen LogP contribution >= 0.6 is 0 Å². The molecule has 0 fully saturated rings. The minimum absolute atomic E-state index is 0.221. The van der Waals surface area contributed by atoms with Crippen LogP contribution in [0.3, 0.4) is 0 Å². The number of hydrogen-bond acceptors (Lipinski definition) is 2. The van der Waals surface area contributed by atoms with Crippen molar-refractivity contribution in [3.8, 4) is 17.0 Å². The molecule has 0 spiro atoms. The Morgan fingerprint density at radius 3 is 2.50 bits per heavy atom. The summed E-state index contributed by atoms with van der Waals surface area (Å²) in [6, 6.07) is 11.0. The number of methoxy groups -OCH3 is 1. The van der Waals surface area contributed by atoms with E-state index >= 15 is 0 Å². The fourth-order valence-corrected chi connectivity index (χ4v) is 2.76. The number of aromatic nitrogens is 2. The topological polar surface area (TPSA) is 27.1 Å². The predicted octanol–water partition coefficient (Wildman–Crippen LogP) is 4.57. The van der Waals surface area contributed by atoms with Gasteiger partial charge in [-0.1, -0.05) is 13.0 Å². The molecule has 1 heterocycles. The highest BCUT2D eigenvalue weighted by atomic mass is 19.1. The van der Waals surface area contributed by atoms with Gasteiger partial charge in [0.1, 0.15) is 22.8 Å². The van der Waals surface area contributed by atoms with Gasteiger partial charge in [-0.2, -0.15) is 5.10 Å². The second-order valence-corrected chi connectivity index (χ2v) is 5.39. The molecule has 3 nitrogen and oxygen atoms in total. The fourth-order valence-electron chi connectivity index (χ4n) is 2.76. The summed E-state index contributed by atoms with van der Waals surface area (Å²) in [4.78, 5) is 0. The zero-order chi connectivity index (χ0) is 15.7. The maximum atomic E-state index is 14.3. The molecule has 0 aliphatic heterocycles. The normalized spacial score (nSPS) is 11.1. The number of rotatable bonds is 4. The van der Waals surface area contributed by atoms with Gasteiger partial charge < -0.3 is 4.74 Å². The summed E-state index contributed by atoms with van der Waals surface area (Å²) in [6.07, 6.45) is 0.909. The first-order valence-electron chi connectivity index (χ1n) is 7.45. The minimum Gasteiger partial charge on any atom is -0.497 e. The zero-order valence-electron chi connectivity index (χ0n) is 13.1. The lowest BCUT2D eigenvalue weighted by Gasteiger charge is -2.03. The van der Waals surface area contributed by atoms with E-state index in [1.165, 1.54) is 6.07 Å². The molecule has 1 aromatic heterocycles. The molecule has 0 saturated carbocycles. The Bertz CT molecular complexity index is 806. The summed E-state index contributed by atoms with van der Waals surface area (Å²) in [7, 11) is 1.64. The highest BCUT2D eigenvalue weighted by Crippen LogP contribution is 2.33. The van der Waals surface area contributed by atoms with E-state index in [0.29, 0.717) is 12.1 Å². The molecule has 0 unspecified atom stereocenters. The first-order chi connectivity index (χ1) is 10.7. The summed E-state index contributed by atoms with van der Waals surface area (Å²) in [5.41, 5.74) is 3.41. The van der Waals surface area contributed by atoms with E-state index in [0.717, 1.165) is 34.4 Å². The Morgan fingerprint density at radius 1 is 1.14 bits per heavy atom. The van der Waals surface area contributed by atoms with Crippen LogP contribution in [0.4, 0.5) is 4.39 Å². The van der Waals surface area contributed by atoms with Gasteiger partial charge in [-0.05, 0) is 49.2 Å². The Kier molecular flexibility index (Phi) is 3.84. The third-order valence-corrected chi connectivity index (χ3v) is 3.85. The minimum atomic E-state index is -0.221. The van der Waals surface area contributed by atoms with Crippen LogP contribution in [0.15, 0.2) is 36.4 Å². The molecule has 0 amide bonds. The first-order valence-corrected chi connectivity index (χ1v) is 7.45. The Morgan fingerprint density at radius 2 is 1.86 bits per heavy atom. The molecule has 0 radical (unpaired) electrons. The lowest BCUT2D eigenvalue weighted by molar-refractivity contribution is 0.415. The van der Waals surface area contributed by atoms with Crippen molar-refractivity contribution in [2.75, 3.05) is 7.11 Å². The summed E-state index contributed by atoms with van der Waals surface area (Å²) in [5, 5.41) is 5.55. The molecule has 0 bridgehead atoms. The highest BCUT2D eigenvalue weighted by Gasteiger charge is 2.17. The monoisotopic (exact) mass is 298 g/mol. The van der Waals surface area contributed by atoms with Gasteiger partial charge in [0, 0.05) is 17.5 Å². The molecule has 114 valence electrons. The van der Waals surface area contributed by atoms with Crippen LogP contribution in [0.5, 0.6) is 5.75 Å². The van der Waals surface area contributed by atoms with E-state index < -0.39 is 0 Å². The van der Waals surface area contributed by atoms with Crippen LogP contribution in [0.25, 0.3) is 22.2 Å². The van der Waals surface area contributed by atoms with Crippen molar-refractivity contribution in [1.82, 2.24) is 9.78 Å². The SMILES string of the molecule is CCCn1nc(-c2ccc(OC)cc2)c2c(C)ccc(F)c21. The summed E-state index contributed by atoms with van der Waals surface area (Å²) in [6.45, 7) is 4.76. The van der Waals surface area contributed by atoms with Gasteiger partial charge in [0.25, 0.3) is 0 Å². The second kappa shape index (κ2) is 5.79. The number of halogens is 1. The summed E-state index contributed by atoms with van der Waals surface area (Å²) >= 11 is 0. The number of ether oxygens (including phenoxy) is 1. The fraction of sp³-hybridized carbons (Fsp3) is 0.278. The van der Waals surface area contributed by atoms with E-state index in [1.54, 1.807) is 11.8 Å². The molecular weight excluding hydrogens is 279 g/mol. The molecular formula is C18H19FN2O. The first kappa shape index (κ1) is 14.6. The third kappa shape index (κ3) is 2.34. The second-order valence-electron chi connectivity index (χ2n) is 5.39. The number of nitrogens with zero attached hydrogens (tertiary/aromatic N) is 2. The van der Waals surface area contributed by atoms with Crippen LogP contribution in [-0.2, 0) is 6.54 Å². The largest absolute Gasteiger partial charge is 0.497 e. The van der Waals surface area contributed by atoms with Crippen molar-refractivity contribution in [2.24, 2.45) is 0 Å². The van der Waals surface area contributed by atoms with Gasteiger partial charge in [-0.3, -0.25) is 4.68 Å². The van der Waals surface area contributed by atoms with Crippen LogP contribution in [-0.4, -0.2) is 16.9 Å². The van der Waals surface area contributed by atoms with E-state index in [4.69, 9.17) is 4.74 Å². The number of benzene rings is 2. The smallest absolute Gasteiger partial charge is 0.149 e. The van der Waals surface area contributed by atoms with Crippen LogP contribution in [0.1, 0.15) is 18.9 Å². The van der Waals surface area contributed by atoms with Crippen molar-refractivity contribution < 1.29 is 9.13 Å². The average molecular weight is 298 g/mol. The van der Waals surface area contributed by atoms with Gasteiger partial charge in [-0.15, -0.1) is 0 Å². The maximum Gasteiger partial charge on any atom is 0.149 e.